The molecule has 0 aliphatic carbocycles. The van der Waals surface area contributed by atoms with Crippen molar-refractivity contribution in [3.05, 3.63) is 29.8 Å². The van der Waals surface area contributed by atoms with Gasteiger partial charge in [-0.05, 0) is 36.3 Å². The molecule has 2 aromatic rings. The van der Waals surface area contributed by atoms with Crippen molar-refractivity contribution < 1.29 is 14.3 Å². The van der Waals surface area contributed by atoms with Crippen molar-refractivity contribution in [1.29, 1.82) is 0 Å². The topological polar surface area (TPSA) is 67.7 Å². The van der Waals surface area contributed by atoms with Crippen LogP contribution in [-0.2, 0) is 16.1 Å². The van der Waals surface area contributed by atoms with Gasteiger partial charge in [-0.2, -0.15) is 5.10 Å². The third kappa shape index (κ3) is 4.17. The van der Waals surface area contributed by atoms with Gasteiger partial charge in [-0.1, -0.05) is 26.3 Å². The first-order chi connectivity index (χ1) is 14.1. The van der Waals surface area contributed by atoms with Crippen LogP contribution in [0.25, 0.3) is 10.6 Å². The zero-order valence-electron chi connectivity index (χ0n) is 17.0. The molecule has 2 atom stereocenters. The summed E-state index contributed by atoms with van der Waals surface area (Å²) in [7, 11) is 0. The molecule has 2 unspecified atom stereocenters. The maximum atomic E-state index is 12.7. The highest BCUT2D eigenvalue weighted by Crippen LogP contribution is 2.29. The van der Waals surface area contributed by atoms with Crippen LogP contribution in [0, 0.1) is 5.92 Å². The van der Waals surface area contributed by atoms with Crippen LogP contribution in [0.3, 0.4) is 0 Å². The highest BCUT2D eigenvalue weighted by molar-refractivity contribution is 7.13. The Bertz CT molecular complexity index is 842. The molecule has 2 aliphatic heterocycles. The average Bonchev–Trinajstić information content (AvgIpc) is 3.48. The van der Waals surface area contributed by atoms with Crippen LogP contribution in [0.15, 0.2) is 29.8 Å². The van der Waals surface area contributed by atoms with E-state index in [1.807, 2.05) is 39.6 Å². The average molecular weight is 417 g/mol. The van der Waals surface area contributed by atoms with Crippen molar-refractivity contribution >= 4 is 23.3 Å². The number of thiophene rings is 1. The number of carbonyl (C=O) groups is 2. The van der Waals surface area contributed by atoms with E-state index in [0.717, 1.165) is 29.8 Å². The molecule has 156 valence electrons. The van der Waals surface area contributed by atoms with Gasteiger partial charge in [0, 0.05) is 25.3 Å². The minimum atomic E-state index is -0.197. The maximum Gasteiger partial charge on any atom is 0.410 e. The molecule has 2 fully saturated rings. The SMILES string of the molecule is CCC(C)C1COC(=O)N1C1CCN(C(=O)Cn2ccc(-c3cccs3)n2)CC1. The number of hydrogen-bond acceptors (Lipinski definition) is 5. The Morgan fingerprint density at radius 3 is 2.83 bits per heavy atom. The summed E-state index contributed by atoms with van der Waals surface area (Å²) in [5.41, 5.74) is 0.898. The second-order valence-electron chi connectivity index (χ2n) is 7.92. The van der Waals surface area contributed by atoms with E-state index in [2.05, 4.69) is 18.9 Å². The Labute approximate surface area is 175 Å². The summed E-state index contributed by atoms with van der Waals surface area (Å²) in [6.45, 7) is 6.38. The molecule has 0 radical (unpaired) electrons. The number of nitrogens with zero attached hydrogens (tertiary/aromatic N) is 4. The Morgan fingerprint density at radius 1 is 1.34 bits per heavy atom. The maximum absolute atomic E-state index is 12.7. The molecule has 29 heavy (non-hydrogen) atoms. The lowest BCUT2D eigenvalue weighted by Crippen LogP contribution is -2.51. The van der Waals surface area contributed by atoms with E-state index >= 15 is 0 Å². The number of piperidine rings is 1. The molecule has 2 aliphatic rings. The number of amides is 2. The van der Waals surface area contributed by atoms with Crippen LogP contribution in [0.1, 0.15) is 33.1 Å². The van der Waals surface area contributed by atoms with Gasteiger partial charge in [0.05, 0.1) is 10.9 Å². The Kier molecular flexibility index (Phi) is 5.89. The van der Waals surface area contributed by atoms with Crippen molar-refractivity contribution in [2.45, 2.75) is 51.7 Å². The molecule has 8 heteroatoms. The summed E-state index contributed by atoms with van der Waals surface area (Å²) in [6, 6.07) is 6.28. The number of carbonyl (C=O) groups excluding carboxylic acids is 2. The van der Waals surface area contributed by atoms with E-state index in [-0.39, 0.29) is 30.6 Å². The van der Waals surface area contributed by atoms with Gasteiger partial charge in [-0.3, -0.25) is 14.4 Å². The molecular weight excluding hydrogens is 388 g/mol. The zero-order valence-corrected chi connectivity index (χ0v) is 17.8. The molecule has 0 saturated carbocycles. The minimum Gasteiger partial charge on any atom is -0.447 e. The molecule has 2 aromatic heterocycles. The van der Waals surface area contributed by atoms with E-state index in [1.165, 1.54) is 0 Å². The van der Waals surface area contributed by atoms with Crippen molar-refractivity contribution in [1.82, 2.24) is 19.6 Å². The summed E-state index contributed by atoms with van der Waals surface area (Å²) in [5.74, 6) is 0.491. The standard InChI is InChI=1S/C21H28N4O3S/c1-3-15(2)18-14-28-21(27)25(18)16-6-9-23(10-7-16)20(26)13-24-11-8-17(22-24)19-5-4-12-29-19/h4-5,8,11-12,15-16,18H,3,6-7,9-10,13-14H2,1-2H3. The summed E-state index contributed by atoms with van der Waals surface area (Å²) in [5, 5.41) is 6.54. The Hall–Kier alpha value is -2.35. The molecule has 2 saturated heterocycles. The quantitative estimate of drug-likeness (QED) is 0.723. The number of aromatic nitrogens is 2. The first kappa shape index (κ1) is 19.9. The first-order valence-corrected chi connectivity index (χ1v) is 11.2. The molecule has 4 rings (SSSR count). The molecule has 0 N–H and O–H groups in total. The third-order valence-corrected chi connectivity index (χ3v) is 7.06. The van der Waals surface area contributed by atoms with Gasteiger partial charge in [-0.25, -0.2) is 4.79 Å². The molecular formula is C21H28N4O3S. The lowest BCUT2D eigenvalue weighted by Gasteiger charge is -2.39. The van der Waals surface area contributed by atoms with Gasteiger partial charge in [0.25, 0.3) is 0 Å². The van der Waals surface area contributed by atoms with Gasteiger partial charge in [-0.15, -0.1) is 11.3 Å². The summed E-state index contributed by atoms with van der Waals surface area (Å²) in [6.07, 6.45) is 4.28. The van der Waals surface area contributed by atoms with E-state index < -0.39 is 0 Å². The molecule has 0 spiro atoms. The highest BCUT2D eigenvalue weighted by atomic mass is 32.1. The van der Waals surface area contributed by atoms with Crippen LogP contribution < -0.4 is 0 Å². The monoisotopic (exact) mass is 416 g/mol. The van der Waals surface area contributed by atoms with Crippen molar-refractivity contribution in [2.24, 2.45) is 5.92 Å². The van der Waals surface area contributed by atoms with Gasteiger partial charge in [0.1, 0.15) is 18.8 Å². The fourth-order valence-corrected chi connectivity index (χ4v) is 4.91. The van der Waals surface area contributed by atoms with Crippen molar-refractivity contribution in [2.75, 3.05) is 19.7 Å². The molecule has 0 bridgehead atoms. The number of ether oxygens (including phenoxy) is 1. The van der Waals surface area contributed by atoms with Gasteiger partial charge >= 0.3 is 6.09 Å². The van der Waals surface area contributed by atoms with Crippen LogP contribution in [-0.4, -0.2) is 63.4 Å². The van der Waals surface area contributed by atoms with Crippen LogP contribution in [0.5, 0.6) is 0 Å². The molecule has 2 amide bonds. The normalized spacial score (nSPS) is 21.4. The number of hydrogen-bond donors (Lipinski definition) is 0. The minimum absolute atomic E-state index is 0.0757. The van der Waals surface area contributed by atoms with E-state index in [4.69, 9.17) is 4.74 Å². The number of cyclic esters (lactones) is 1. The molecule has 4 heterocycles. The summed E-state index contributed by atoms with van der Waals surface area (Å²) < 4.78 is 7.04. The van der Waals surface area contributed by atoms with E-state index in [0.29, 0.717) is 25.6 Å². The largest absolute Gasteiger partial charge is 0.447 e. The number of rotatable bonds is 6. The second-order valence-corrected chi connectivity index (χ2v) is 8.87. The van der Waals surface area contributed by atoms with Crippen LogP contribution >= 0.6 is 11.3 Å². The molecule has 0 aromatic carbocycles. The third-order valence-electron chi connectivity index (χ3n) is 6.17. The Morgan fingerprint density at radius 2 is 2.14 bits per heavy atom. The first-order valence-electron chi connectivity index (χ1n) is 10.4. The van der Waals surface area contributed by atoms with Gasteiger partial charge in [0.15, 0.2) is 0 Å². The summed E-state index contributed by atoms with van der Waals surface area (Å²) in [4.78, 5) is 29.9. The van der Waals surface area contributed by atoms with Crippen LogP contribution in [0.4, 0.5) is 4.79 Å². The fourth-order valence-electron chi connectivity index (χ4n) is 4.21. The summed E-state index contributed by atoms with van der Waals surface area (Å²) >= 11 is 1.64. The van der Waals surface area contributed by atoms with Crippen molar-refractivity contribution in [3.8, 4) is 10.6 Å². The lowest BCUT2D eigenvalue weighted by atomic mass is 9.95. The van der Waals surface area contributed by atoms with Gasteiger partial charge in [0.2, 0.25) is 5.91 Å². The zero-order chi connectivity index (χ0) is 20.4. The molecule has 7 nitrogen and oxygen atoms in total. The predicted octanol–water partition coefficient (Wildman–Crippen LogP) is 3.47. The predicted molar refractivity (Wildman–Crippen MR) is 112 cm³/mol. The lowest BCUT2D eigenvalue weighted by molar-refractivity contribution is -0.133. The highest BCUT2D eigenvalue weighted by Gasteiger charge is 2.41. The fraction of sp³-hybridized carbons (Fsp3) is 0.571. The van der Waals surface area contributed by atoms with Gasteiger partial charge < -0.3 is 9.64 Å². The van der Waals surface area contributed by atoms with Crippen LogP contribution in [0.2, 0.25) is 0 Å². The smallest absolute Gasteiger partial charge is 0.410 e. The van der Waals surface area contributed by atoms with Crippen molar-refractivity contribution in [3.63, 3.8) is 0 Å². The Balaban J connectivity index is 1.32. The van der Waals surface area contributed by atoms with E-state index in [9.17, 15) is 9.59 Å². The second kappa shape index (κ2) is 8.57. The number of likely N-dealkylation sites (tertiary alicyclic amines) is 1. The van der Waals surface area contributed by atoms with E-state index in [1.54, 1.807) is 16.0 Å².